The molecule has 3 heterocycles. The van der Waals surface area contributed by atoms with Crippen molar-refractivity contribution in [1.29, 1.82) is 0 Å². The molecule has 0 radical (unpaired) electrons. The summed E-state index contributed by atoms with van der Waals surface area (Å²) in [4.78, 5) is 15.4. The highest BCUT2D eigenvalue weighted by molar-refractivity contribution is 5.80. The molecule has 1 aromatic carbocycles. The quantitative estimate of drug-likeness (QED) is 0.924. The molecule has 24 heavy (non-hydrogen) atoms. The van der Waals surface area contributed by atoms with Crippen LogP contribution in [0.2, 0.25) is 0 Å². The van der Waals surface area contributed by atoms with E-state index in [2.05, 4.69) is 40.5 Å². The highest BCUT2D eigenvalue weighted by atomic mass is 16.5. The second kappa shape index (κ2) is 7.24. The fourth-order valence-corrected chi connectivity index (χ4v) is 4.78. The molecule has 0 bridgehead atoms. The van der Waals surface area contributed by atoms with E-state index in [-0.39, 0.29) is 11.8 Å². The summed E-state index contributed by atoms with van der Waals surface area (Å²) in [7, 11) is 0. The van der Waals surface area contributed by atoms with Crippen LogP contribution >= 0.6 is 0 Å². The number of hydrogen-bond acceptors (Lipinski definition) is 3. The lowest BCUT2D eigenvalue weighted by atomic mass is 9.93. The molecule has 0 aromatic heterocycles. The molecule has 1 N–H and O–H groups in total. The van der Waals surface area contributed by atoms with Crippen molar-refractivity contribution in [3.8, 4) is 0 Å². The van der Waals surface area contributed by atoms with E-state index in [1.165, 1.54) is 18.4 Å². The summed E-state index contributed by atoms with van der Waals surface area (Å²) in [5.74, 6) is 1.02. The van der Waals surface area contributed by atoms with Crippen molar-refractivity contribution in [2.24, 2.45) is 11.8 Å². The number of rotatable bonds is 4. The lowest BCUT2D eigenvalue weighted by Gasteiger charge is -2.25. The summed E-state index contributed by atoms with van der Waals surface area (Å²) in [6.45, 7) is 3.64. The lowest BCUT2D eigenvalue weighted by Crippen LogP contribution is -2.40. The zero-order valence-electron chi connectivity index (χ0n) is 14.3. The van der Waals surface area contributed by atoms with Gasteiger partial charge in [0.05, 0.1) is 5.92 Å². The molecular formula is C20H28N2O2. The van der Waals surface area contributed by atoms with Crippen LogP contribution in [0.4, 0.5) is 0 Å². The minimum Gasteiger partial charge on any atom is -0.381 e. The van der Waals surface area contributed by atoms with Crippen molar-refractivity contribution >= 4 is 5.91 Å². The van der Waals surface area contributed by atoms with Gasteiger partial charge in [-0.05, 0) is 50.1 Å². The maximum atomic E-state index is 12.8. The number of benzene rings is 1. The smallest absolute Gasteiger partial charge is 0.224 e. The maximum Gasteiger partial charge on any atom is 0.224 e. The first-order valence-corrected chi connectivity index (χ1v) is 9.49. The van der Waals surface area contributed by atoms with Gasteiger partial charge >= 0.3 is 0 Å². The molecule has 130 valence electrons. The Morgan fingerprint density at radius 3 is 2.75 bits per heavy atom. The monoisotopic (exact) mass is 328 g/mol. The van der Waals surface area contributed by atoms with Crippen molar-refractivity contribution in [2.75, 3.05) is 26.3 Å². The van der Waals surface area contributed by atoms with Crippen molar-refractivity contribution in [3.05, 3.63) is 35.9 Å². The number of carbonyl (C=O) groups is 1. The molecule has 3 atom stereocenters. The molecular weight excluding hydrogens is 300 g/mol. The first-order valence-electron chi connectivity index (χ1n) is 9.49. The van der Waals surface area contributed by atoms with Crippen LogP contribution < -0.4 is 5.32 Å². The Bertz CT molecular complexity index is 556. The molecule has 0 spiro atoms. The van der Waals surface area contributed by atoms with Crippen LogP contribution in [0.15, 0.2) is 30.3 Å². The molecule has 4 nitrogen and oxygen atoms in total. The van der Waals surface area contributed by atoms with Crippen molar-refractivity contribution < 1.29 is 9.53 Å². The van der Waals surface area contributed by atoms with Gasteiger partial charge in [0.25, 0.3) is 0 Å². The number of fused-ring (bicyclic) bond motifs is 1. The molecule has 3 aliphatic rings. The first kappa shape index (κ1) is 16.1. The Balaban J connectivity index is 1.40. The molecule has 4 heteroatoms. The van der Waals surface area contributed by atoms with Gasteiger partial charge in [0.1, 0.15) is 0 Å². The number of carbonyl (C=O) groups excluding carboxylic acids is 1. The average Bonchev–Trinajstić information content (AvgIpc) is 3.24. The normalized spacial score (nSPS) is 31.1. The third-order valence-corrected chi connectivity index (χ3v) is 6.11. The van der Waals surface area contributed by atoms with Gasteiger partial charge in [-0.1, -0.05) is 30.3 Å². The zero-order chi connectivity index (χ0) is 16.4. The number of ether oxygens (including phenoxy) is 1. The molecule has 3 fully saturated rings. The van der Waals surface area contributed by atoms with E-state index in [0.29, 0.717) is 18.0 Å². The number of nitrogens with one attached hydrogen (secondary N) is 1. The van der Waals surface area contributed by atoms with Crippen LogP contribution in [0.5, 0.6) is 0 Å². The third-order valence-electron chi connectivity index (χ3n) is 6.11. The maximum absolute atomic E-state index is 12.8. The summed E-state index contributed by atoms with van der Waals surface area (Å²) in [5.41, 5.74) is 1.36. The van der Waals surface area contributed by atoms with Crippen LogP contribution in [0.25, 0.3) is 0 Å². The van der Waals surface area contributed by atoms with Gasteiger partial charge in [0, 0.05) is 31.8 Å². The van der Waals surface area contributed by atoms with Gasteiger partial charge in [-0.15, -0.1) is 0 Å². The summed E-state index contributed by atoms with van der Waals surface area (Å²) in [6, 6.07) is 11.6. The molecule has 3 saturated heterocycles. The van der Waals surface area contributed by atoms with E-state index in [0.717, 1.165) is 45.6 Å². The molecule has 4 rings (SSSR count). The van der Waals surface area contributed by atoms with Crippen LogP contribution in [0.1, 0.15) is 43.7 Å². The van der Waals surface area contributed by atoms with Gasteiger partial charge in [-0.3, -0.25) is 9.69 Å². The predicted octanol–water partition coefficient (Wildman–Crippen LogP) is 2.75. The van der Waals surface area contributed by atoms with Gasteiger partial charge in [0.15, 0.2) is 0 Å². The molecule has 0 unspecified atom stereocenters. The topological polar surface area (TPSA) is 41.6 Å². The molecule has 0 aliphatic carbocycles. The van der Waals surface area contributed by atoms with Gasteiger partial charge < -0.3 is 10.1 Å². The SMILES string of the molecule is O=C(NCC1CCOCC1)[C@@H]1C[C@H](c2ccccc2)N2CCC[C@@H]12. The summed E-state index contributed by atoms with van der Waals surface area (Å²) >= 11 is 0. The second-order valence-corrected chi connectivity index (χ2v) is 7.52. The molecule has 3 aliphatic heterocycles. The number of hydrogen-bond donors (Lipinski definition) is 1. The Labute approximate surface area is 144 Å². The van der Waals surface area contributed by atoms with Crippen molar-refractivity contribution in [1.82, 2.24) is 10.2 Å². The Kier molecular flexibility index (Phi) is 4.86. The Hall–Kier alpha value is -1.39. The second-order valence-electron chi connectivity index (χ2n) is 7.52. The molecule has 0 saturated carbocycles. The standard InChI is InChI=1S/C20H28N2O2/c23-20(21-14-15-8-11-24-12-9-15)17-13-19(16-5-2-1-3-6-16)22-10-4-7-18(17)22/h1-3,5-6,15,17-19H,4,7-14H2,(H,21,23)/t17-,18+,19-/m1/s1. The molecule has 1 aromatic rings. The van der Waals surface area contributed by atoms with E-state index in [1.54, 1.807) is 0 Å². The highest BCUT2D eigenvalue weighted by Gasteiger charge is 2.46. The highest BCUT2D eigenvalue weighted by Crippen LogP contribution is 2.44. The van der Waals surface area contributed by atoms with E-state index in [1.807, 2.05) is 0 Å². The largest absolute Gasteiger partial charge is 0.381 e. The van der Waals surface area contributed by atoms with Gasteiger partial charge in [-0.25, -0.2) is 0 Å². The average molecular weight is 328 g/mol. The van der Waals surface area contributed by atoms with E-state index in [4.69, 9.17) is 4.74 Å². The minimum atomic E-state index is 0.151. The predicted molar refractivity (Wildman–Crippen MR) is 93.6 cm³/mol. The van der Waals surface area contributed by atoms with E-state index < -0.39 is 0 Å². The van der Waals surface area contributed by atoms with Crippen LogP contribution in [0.3, 0.4) is 0 Å². The fourth-order valence-electron chi connectivity index (χ4n) is 4.78. The Morgan fingerprint density at radius 2 is 1.96 bits per heavy atom. The number of amides is 1. The van der Waals surface area contributed by atoms with Crippen LogP contribution in [0, 0.1) is 11.8 Å². The third kappa shape index (κ3) is 3.22. The van der Waals surface area contributed by atoms with Gasteiger partial charge in [0.2, 0.25) is 5.91 Å². The lowest BCUT2D eigenvalue weighted by molar-refractivity contribution is -0.125. The number of nitrogens with zero attached hydrogens (tertiary/aromatic N) is 1. The summed E-state index contributed by atoms with van der Waals surface area (Å²) < 4.78 is 5.41. The summed E-state index contributed by atoms with van der Waals surface area (Å²) in [5, 5.41) is 3.26. The van der Waals surface area contributed by atoms with Crippen LogP contribution in [-0.4, -0.2) is 43.2 Å². The Morgan fingerprint density at radius 1 is 1.17 bits per heavy atom. The molecule has 1 amide bonds. The fraction of sp³-hybridized carbons (Fsp3) is 0.650. The van der Waals surface area contributed by atoms with Gasteiger partial charge in [-0.2, -0.15) is 0 Å². The van der Waals surface area contributed by atoms with E-state index in [9.17, 15) is 4.79 Å². The van der Waals surface area contributed by atoms with Crippen molar-refractivity contribution in [3.63, 3.8) is 0 Å². The first-order chi connectivity index (χ1) is 11.8. The summed E-state index contributed by atoms with van der Waals surface area (Å²) in [6.07, 6.45) is 5.50. The minimum absolute atomic E-state index is 0.151. The van der Waals surface area contributed by atoms with Crippen molar-refractivity contribution in [2.45, 2.75) is 44.2 Å². The van der Waals surface area contributed by atoms with E-state index >= 15 is 0 Å². The van der Waals surface area contributed by atoms with Crippen LogP contribution in [-0.2, 0) is 9.53 Å². The zero-order valence-corrected chi connectivity index (χ0v) is 14.3.